The summed E-state index contributed by atoms with van der Waals surface area (Å²) < 4.78 is 4.59. The fourth-order valence-electron chi connectivity index (χ4n) is 1.60. The number of hydrogen-bond acceptors (Lipinski definition) is 3. The topological polar surface area (TPSA) is 39.2 Å². The van der Waals surface area contributed by atoms with E-state index in [0.717, 1.165) is 0 Å². The first-order valence-corrected chi connectivity index (χ1v) is 6.85. The normalized spacial score (nSPS) is 10.4. The molecule has 0 fully saturated rings. The molecule has 0 atom stereocenters. The standard InChI is InChI=1S/C13H7Cl4NO2/c1-20-13(19)6-2-5-9(18-12(6)17)10-7(14)3-4-8(15)11(10)16/h2-5H,1H3. The number of aromatic nitrogens is 1. The SMILES string of the molecule is COC(=O)c1ccc(-c2c(Cl)ccc(Cl)c2Cl)nc1Cl. The molecule has 0 saturated heterocycles. The van der Waals surface area contributed by atoms with Gasteiger partial charge in [-0.2, -0.15) is 0 Å². The van der Waals surface area contributed by atoms with E-state index in [0.29, 0.717) is 21.3 Å². The van der Waals surface area contributed by atoms with Gasteiger partial charge in [-0.3, -0.25) is 0 Å². The number of carbonyl (C=O) groups excluding carboxylic acids is 1. The maximum absolute atomic E-state index is 11.5. The summed E-state index contributed by atoms with van der Waals surface area (Å²) in [4.78, 5) is 15.6. The maximum Gasteiger partial charge on any atom is 0.341 e. The number of hydrogen-bond donors (Lipinski definition) is 0. The number of benzene rings is 1. The third kappa shape index (κ3) is 2.86. The van der Waals surface area contributed by atoms with Crippen molar-refractivity contribution in [3.8, 4) is 11.3 Å². The number of nitrogens with zero attached hydrogens (tertiary/aromatic N) is 1. The van der Waals surface area contributed by atoms with Crippen molar-refractivity contribution in [3.05, 3.63) is 50.0 Å². The van der Waals surface area contributed by atoms with Crippen LogP contribution < -0.4 is 0 Å². The predicted molar refractivity (Wildman–Crippen MR) is 81.1 cm³/mol. The Morgan fingerprint density at radius 3 is 2.30 bits per heavy atom. The van der Waals surface area contributed by atoms with Crippen molar-refractivity contribution < 1.29 is 9.53 Å². The van der Waals surface area contributed by atoms with Crippen LogP contribution in [-0.4, -0.2) is 18.1 Å². The highest BCUT2D eigenvalue weighted by molar-refractivity contribution is 6.46. The first-order valence-electron chi connectivity index (χ1n) is 5.34. The quantitative estimate of drug-likeness (QED) is 0.427. The van der Waals surface area contributed by atoms with E-state index >= 15 is 0 Å². The Morgan fingerprint density at radius 1 is 1.05 bits per heavy atom. The molecule has 0 unspecified atom stereocenters. The van der Waals surface area contributed by atoms with Crippen molar-refractivity contribution in [1.82, 2.24) is 4.98 Å². The van der Waals surface area contributed by atoms with E-state index in [1.165, 1.54) is 13.2 Å². The summed E-state index contributed by atoms with van der Waals surface area (Å²) in [5.74, 6) is -0.572. The minimum absolute atomic E-state index is 0.00135. The van der Waals surface area contributed by atoms with Crippen LogP contribution in [0.25, 0.3) is 11.3 Å². The molecule has 1 aromatic carbocycles. The van der Waals surface area contributed by atoms with Gasteiger partial charge in [-0.1, -0.05) is 46.4 Å². The van der Waals surface area contributed by atoms with Crippen LogP contribution in [0.15, 0.2) is 24.3 Å². The molecule has 0 bridgehead atoms. The van der Waals surface area contributed by atoms with Crippen LogP contribution in [0.4, 0.5) is 0 Å². The van der Waals surface area contributed by atoms with Gasteiger partial charge in [-0.05, 0) is 24.3 Å². The largest absolute Gasteiger partial charge is 0.465 e. The van der Waals surface area contributed by atoms with Gasteiger partial charge >= 0.3 is 5.97 Å². The number of carbonyl (C=O) groups is 1. The molecule has 1 heterocycles. The Kier molecular flexibility index (Phi) is 4.76. The molecule has 20 heavy (non-hydrogen) atoms. The van der Waals surface area contributed by atoms with Gasteiger partial charge in [0.25, 0.3) is 0 Å². The van der Waals surface area contributed by atoms with Crippen molar-refractivity contribution in [2.45, 2.75) is 0 Å². The zero-order valence-corrected chi connectivity index (χ0v) is 13.1. The summed E-state index contributed by atoms with van der Waals surface area (Å²) in [6.07, 6.45) is 0. The Hall–Kier alpha value is -1.000. The molecule has 2 aromatic rings. The lowest BCUT2D eigenvalue weighted by Gasteiger charge is -2.09. The van der Waals surface area contributed by atoms with Crippen LogP contribution in [0.5, 0.6) is 0 Å². The molecule has 0 radical (unpaired) electrons. The van der Waals surface area contributed by atoms with Gasteiger partial charge in [0.2, 0.25) is 0 Å². The van der Waals surface area contributed by atoms with Gasteiger partial charge in [-0.25, -0.2) is 9.78 Å². The van der Waals surface area contributed by atoms with E-state index < -0.39 is 5.97 Å². The fourth-order valence-corrected chi connectivity index (χ4v) is 2.55. The molecule has 2 rings (SSSR count). The van der Waals surface area contributed by atoms with E-state index in [1.54, 1.807) is 18.2 Å². The van der Waals surface area contributed by atoms with Crippen LogP contribution in [0.1, 0.15) is 10.4 Å². The lowest BCUT2D eigenvalue weighted by atomic mass is 10.1. The second kappa shape index (κ2) is 6.19. The van der Waals surface area contributed by atoms with Gasteiger partial charge in [0.1, 0.15) is 5.15 Å². The highest BCUT2D eigenvalue weighted by Crippen LogP contribution is 2.38. The van der Waals surface area contributed by atoms with Crippen LogP contribution in [0.3, 0.4) is 0 Å². The average molecular weight is 351 g/mol. The molecule has 0 aliphatic heterocycles. The molecule has 1 aromatic heterocycles. The van der Waals surface area contributed by atoms with E-state index in [1.807, 2.05) is 0 Å². The molecule has 0 spiro atoms. The lowest BCUT2D eigenvalue weighted by molar-refractivity contribution is 0.0600. The fraction of sp³-hybridized carbons (Fsp3) is 0.0769. The summed E-state index contributed by atoms with van der Waals surface area (Å²) >= 11 is 24.1. The number of pyridine rings is 1. The highest BCUT2D eigenvalue weighted by Gasteiger charge is 2.17. The summed E-state index contributed by atoms with van der Waals surface area (Å²) in [6, 6.07) is 6.25. The molecule has 0 amide bonds. The number of rotatable bonds is 2. The van der Waals surface area contributed by atoms with Crippen LogP contribution >= 0.6 is 46.4 Å². The van der Waals surface area contributed by atoms with Gasteiger partial charge in [0.05, 0.1) is 33.4 Å². The van der Waals surface area contributed by atoms with Gasteiger partial charge in [0.15, 0.2) is 0 Å². The zero-order chi connectivity index (χ0) is 14.9. The third-order valence-electron chi connectivity index (χ3n) is 2.55. The van der Waals surface area contributed by atoms with Crippen molar-refractivity contribution in [3.63, 3.8) is 0 Å². The van der Waals surface area contributed by atoms with Gasteiger partial charge in [0, 0.05) is 5.56 Å². The maximum atomic E-state index is 11.5. The smallest absolute Gasteiger partial charge is 0.341 e. The molecule has 0 aliphatic rings. The highest BCUT2D eigenvalue weighted by atomic mass is 35.5. The van der Waals surface area contributed by atoms with E-state index in [9.17, 15) is 4.79 Å². The minimum atomic E-state index is -0.572. The van der Waals surface area contributed by atoms with E-state index in [2.05, 4.69) is 9.72 Å². The molecule has 3 nitrogen and oxygen atoms in total. The molecule has 0 saturated carbocycles. The Labute approximate surface area is 135 Å². The molecule has 104 valence electrons. The van der Waals surface area contributed by atoms with Gasteiger partial charge in [-0.15, -0.1) is 0 Å². The zero-order valence-electron chi connectivity index (χ0n) is 10.1. The molecular weight excluding hydrogens is 344 g/mol. The van der Waals surface area contributed by atoms with E-state index in [4.69, 9.17) is 46.4 Å². The number of halogens is 4. The number of ether oxygens (including phenoxy) is 1. The first-order chi connectivity index (χ1) is 9.45. The van der Waals surface area contributed by atoms with Crippen molar-refractivity contribution in [1.29, 1.82) is 0 Å². The second-order valence-corrected chi connectivity index (χ2v) is 5.30. The predicted octanol–water partition coefficient (Wildman–Crippen LogP) is 5.15. The number of methoxy groups -OCH3 is 1. The summed E-state index contributed by atoms with van der Waals surface area (Å²) in [5, 5.41) is 1.00. The average Bonchev–Trinajstić information content (AvgIpc) is 2.43. The Bertz CT molecular complexity index is 688. The molecule has 0 aliphatic carbocycles. The van der Waals surface area contributed by atoms with Gasteiger partial charge < -0.3 is 4.74 Å². The van der Waals surface area contributed by atoms with Crippen LogP contribution in [0.2, 0.25) is 20.2 Å². The molecular formula is C13H7Cl4NO2. The monoisotopic (exact) mass is 349 g/mol. The minimum Gasteiger partial charge on any atom is -0.465 e. The van der Waals surface area contributed by atoms with E-state index in [-0.39, 0.29) is 15.7 Å². The molecule has 7 heteroatoms. The van der Waals surface area contributed by atoms with Crippen molar-refractivity contribution in [2.75, 3.05) is 7.11 Å². The van der Waals surface area contributed by atoms with Crippen LogP contribution in [-0.2, 0) is 4.74 Å². The Morgan fingerprint density at radius 2 is 1.70 bits per heavy atom. The summed E-state index contributed by atoms with van der Waals surface area (Å²) in [5.41, 5.74) is 1.03. The second-order valence-electron chi connectivity index (χ2n) is 3.74. The first kappa shape index (κ1) is 15.4. The lowest BCUT2D eigenvalue weighted by Crippen LogP contribution is -2.03. The number of esters is 1. The third-order valence-corrected chi connectivity index (χ3v) is 3.96. The molecule has 0 N–H and O–H groups in total. The van der Waals surface area contributed by atoms with Crippen LogP contribution in [0, 0.1) is 0 Å². The van der Waals surface area contributed by atoms with Crippen molar-refractivity contribution >= 4 is 52.4 Å². The summed E-state index contributed by atoms with van der Waals surface area (Å²) in [7, 11) is 1.26. The Balaban J connectivity index is 2.58. The summed E-state index contributed by atoms with van der Waals surface area (Å²) in [6.45, 7) is 0. The van der Waals surface area contributed by atoms with Crippen molar-refractivity contribution in [2.24, 2.45) is 0 Å².